The maximum atomic E-state index is 13.4. The van der Waals surface area contributed by atoms with Crippen LogP contribution in [0.3, 0.4) is 0 Å². The Morgan fingerprint density at radius 1 is 1.20 bits per heavy atom. The second-order valence-electron chi connectivity index (χ2n) is 8.00. The van der Waals surface area contributed by atoms with Crippen molar-refractivity contribution in [3.05, 3.63) is 89.5 Å². The molecule has 0 bridgehead atoms. The van der Waals surface area contributed by atoms with E-state index in [1.165, 1.54) is 0 Å². The first kappa shape index (κ1) is 18.5. The number of likely N-dealkylation sites (tertiary alicyclic amines) is 1. The molecule has 1 fully saturated rings. The van der Waals surface area contributed by atoms with E-state index in [1.807, 2.05) is 60.4 Å². The lowest BCUT2D eigenvalue weighted by Gasteiger charge is -2.34. The van der Waals surface area contributed by atoms with Crippen LogP contribution in [0.4, 0.5) is 5.69 Å². The number of fused-ring (bicyclic) bond motifs is 2. The number of nitrogens with zero attached hydrogens (tertiary/aromatic N) is 3. The standard InChI is InChI=1S/C24H22N4O2/c1-16-8-11-26-18(13-16)14-21(29)28-12-9-24(22(28)17-5-4-10-25-15-17)19-6-2-3-7-20(19)27-23(24)30/h2-8,10-11,13,15,22H,9,12,14H2,1H3,(H,27,30). The van der Waals surface area contributed by atoms with Crippen LogP contribution in [0.2, 0.25) is 0 Å². The molecule has 5 rings (SSSR count). The third kappa shape index (κ3) is 2.79. The number of carbonyl (C=O) groups is 2. The van der Waals surface area contributed by atoms with Gasteiger partial charge in [-0.05, 0) is 54.3 Å². The van der Waals surface area contributed by atoms with Gasteiger partial charge in [0.05, 0.1) is 12.5 Å². The molecule has 2 aliphatic heterocycles. The molecule has 6 nitrogen and oxygen atoms in total. The van der Waals surface area contributed by atoms with Crippen LogP contribution in [0.15, 0.2) is 67.1 Å². The molecule has 2 atom stereocenters. The van der Waals surface area contributed by atoms with Crippen molar-refractivity contribution in [2.45, 2.75) is 31.2 Å². The van der Waals surface area contributed by atoms with Crippen LogP contribution in [0.1, 0.15) is 34.8 Å². The van der Waals surface area contributed by atoms with Gasteiger partial charge in [0.25, 0.3) is 0 Å². The van der Waals surface area contributed by atoms with Crippen LogP contribution in [0.5, 0.6) is 0 Å². The Kier molecular flexibility index (Phi) is 4.35. The largest absolute Gasteiger partial charge is 0.334 e. The smallest absolute Gasteiger partial charge is 0.237 e. The number of aromatic nitrogens is 2. The Hall–Kier alpha value is -3.54. The number of para-hydroxylation sites is 1. The lowest BCUT2D eigenvalue weighted by atomic mass is 9.73. The number of rotatable bonds is 3. The molecule has 2 amide bonds. The summed E-state index contributed by atoms with van der Waals surface area (Å²) in [7, 11) is 0. The maximum absolute atomic E-state index is 13.4. The quantitative estimate of drug-likeness (QED) is 0.735. The molecule has 4 heterocycles. The molecule has 1 N–H and O–H groups in total. The van der Waals surface area contributed by atoms with E-state index >= 15 is 0 Å². The van der Waals surface area contributed by atoms with Crippen LogP contribution in [0.25, 0.3) is 0 Å². The van der Waals surface area contributed by atoms with E-state index in [2.05, 4.69) is 15.3 Å². The van der Waals surface area contributed by atoms with Crippen LogP contribution in [0, 0.1) is 6.92 Å². The Morgan fingerprint density at radius 2 is 2.07 bits per heavy atom. The Morgan fingerprint density at radius 3 is 2.87 bits per heavy atom. The maximum Gasteiger partial charge on any atom is 0.237 e. The van der Waals surface area contributed by atoms with E-state index < -0.39 is 11.5 Å². The summed E-state index contributed by atoms with van der Waals surface area (Å²) >= 11 is 0. The summed E-state index contributed by atoms with van der Waals surface area (Å²) in [5.74, 6) is -0.0856. The fourth-order valence-electron chi connectivity index (χ4n) is 4.91. The molecule has 1 saturated heterocycles. The average molecular weight is 398 g/mol. The summed E-state index contributed by atoms with van der Waals surface area (Å²) in [6, 6.07) is 15.0. The zero-order chi connectivity index (χ0) is 20.7. The lowest BCUT2D eigenvalue weighted by Crippen LogP contribution is -2.43. The van der Waals surface area contributed by atoms with Gasteiger partial charge in [-0.15, -0.1) is 0 Å². The van der Waals surface area contributed by atoms with Crippen molar-refractivity contribution >= 4 is 17.5 Å². The van der Waals surface area contributed by atoms with E-state index in [0.717, 1.165) is 28.1 Å². The molecule has 0 radical (unpaired) electrons. The highest BCUT2D eigenvalue weighted by molar-refractivity contribution is 6.07. The van der Waals surface area contributed by atoms with Gasteiger partial charge in [-0.3, -0.25) is 19.6 Å². The molecule has 2 aliphatic rings. The van der Waals surface area contributed by atoms with Crippen molar-refractivity contribution in [2.24, 2.45) is 0 Å². The van der Waals surface area contributed by atoms with Crippen LogP contribution in [-0.2, 0) is 21.4 Å². The Balaban J connectivity index is 1.58. The van der Waals surface area contributed by atoms with Crippen molar-refractivity contribution in [3.8, 4) is 0 Å². The highest BCUT2D eigenvalue weighted by atomic mass is 16.2. The van der Waals surface area contributed by atoms with Gasteiger partial charge in [-0.25, -0.2) is 0 Å². The number of hydrogen-bond acceptors (Lipinski definition) is 4. The Labute approximate surface area is 175 Å². The van der Waals surface area contributed by atoms with Crippen molar-refractivity contribution in [3.63, 3.8) is 0 Å². The van der Waals surface area contributed by atoms with E-state index in [-0.39, 0.29) is 18.2 Å². The van der Waals surface area contributed by atoms with Crippen molar-refractivity contribution in [2.75, 3.05) is 11.9 Å². The third-order valence-corrected chi connectivity index (χ3v) is 6.21. The number of hydrogen-bond donors (Lipinski definition) is 1. The minimum atomic E-state index is -0.810. The normalized spacial score (nSPS) is 22.2. The Bertz CT molecular complexity index is 1130. The highest BCUT2D eigenvalue weighted by Crippen LogP contribution is 2.54. The summed E-state index contributed by atoms with van der Waals surface area (Å²) < 4.78 is 0. The van der Waals surface area contributed by atoms with Gasteiger partial charge < -0.3 is 10.2 Å². The van der Waals surface area contributed by atoms with Gasteiger partial charge >= 0.3 is 0 Å². The first-order chi connectivity index (χ1) is 14.6. The molecule has 0 saturated carbocycles. The second kappa shape index (κ2) is 7.06. The van der Waals surface area contributed by atoms with Crippen molar-refractivity contribution in [1.82, 2.24) is 14.9 Å². The molecule has 2 aromatic heterocycles. The van der Waals surface area contributed by atoms with Crippen molar-refractivity contribution < 1.29 is 9.59 Å². The number of amides is 2. The first-order valence-electron chi connectivity index (χ1n) is 10.1. The third-order valence-electron chi connectivity index (χ3n) is 6.21. The zero-order valence-electron chi connectivity index (χ0n) is 16.7. The molecule has 2 unspecified atom stereocenters. The summed E-state index contributed by atoms with van der Waals surface area (Å²) in [5.41, 5.74) is 3.64. The zero-order valence-corrected chi connectivity index (χ0v) is 16.7. The van der Waals surface area contributed by atoms with E-state index in [4.69, 9.17) is 0 Å². The van der Waals surface area contributed by atoms with Gasteiger partial charge in [0.1, 0.15) is 5.41 Å². The SMILES string of the molecule is Cc1ccnc(CC(=O)N2CCC3(C(=O)Nc4ccccc43)C2c2cccnc2)c1. The number of benzene rings is 1. The number of aryl methyl sites for hydroxylation is 1. The van der Waals surface area contributed by atoms with Crippen molar-refractivity contribution in [1.29, 1.82) is 0 Å². The second-order valence-corrected chi connectivity index (χ2v) is 8.00. The minimum Gasteiger partial charge on any atom is -0.334 e. The summed E-state index contributed by atoms with van der Waals surface area (Å²) in [6.07, 6.45) is 5.97. The fourth-order valence-corrected chi connectivity index (χ4v) is 4.91. The van der Waals surface area contributed by atoms with E-state index in [1.54, 1.807) is 18.6 Å². The molecular weight excluding hydrogens is 376 g/mol. The van der Waals surface area contributed by atoms with Gasteiger partial charge in [0, 0.05) is 36.5 Å². The summed E-state index contributed by atoms with van der Waals surface area (Å²) in [4.78, 5) is 37.2. The number of carbonyl (C=O) groups excluding carboxylic acids is 2. The fraction of sp³-hybridized carbons (Fsp3) is 0.250. The monoisotopic (exact) mass is 398 g/mol. The van der Waals surface area contributed by atoms with Gasteiger partial charge in [0.2, 0.25) is 11.8 Å². The molecule has 150 valence electrons. The predicted octanol–water partition coefficient (Wildman–Crippen LogP) is 3.19. The number of nitrogens with one attached hydrogen (secondary N) is 1. The molecule has 30 heavy (non-hydrogen) atoms. The van der Waals surface area contributed by atoms with Gasteiger partial charge in [-0.1, -0.05) is 24.3 Å². The van der Waals surface area contributed by atoms with E-state index in [9.17, 15) is 9.59 Å². The average Bonchev–Trinajstić information content (AvgIpc) is 3.28. The lowest BCUT2D eigenvalue weighted by molar-refractivity contribution is -0.132. The summed E-state index contributed by atoms with van der Waals surface area (Å²) in [6.45, 7) is 2.49. The summed E-state index contributed by atoms with van der Waals surface area (Å²) in [5, 5.41) is 3.04. The topological polar surface area (TPSA) is 75.2 Å². The van der Waals surface area contributed by atoms with Crippen LogP contribution >= 0.6 is 0 Å². The molecular formula is C24H22N4O2. The molecule has 1 aromatic carbocycles. The molecule has 6 heteroatoms. The van der Waals surface area contributed by atoms with Crippen LogP contribution in [-0.4, -0.2) is 33.2 Å². The number of pyridine rings is 2. The predicted molar refractivity (Wildman–Crippen MR) is 113 cm³/mol. The van der Waals surface area contributed by atoms with E-state index in [0.29, 0.717) is 13.0 Å². The minimum absolute atomic E-state index is 0.0315. The van der Waals surface area contributed by atoms with Crippen LogP contribution < -0.4 is 5.32 Å². The molecule has 3 aromatic rings. The molecule has 1 spiro atoms. The van der Waals surface area contributed by atoms with Gasteiger partial charge in [-0.2, -0.15) is 0 Å². The highest BCUT2D eigenvalue weighted by Gasteiger charge is 2.59. The molecule has 0 aliphatic carbocycles. The first-order valence-corrected chi connectivity index (χ1v) is 10.1. The van der Waals surface area contributed by atoms with Gasteiger partial charge in [0.15, 0.2) is 0 Å². The number of anilines is 1.